The molecule has 2 aliphatic rings. The first-order chi connectivity index (χ1) is 8.43. The first-order valence-corrected chi connectivity index (χ1v) is 6.54. The lowest BCUT2D eigenvalue weighted by Crippen LogP contribution is -2.38. The average molecular weight is 233 g/mol. The molecular weight excluding hydrogens is 214 g/mol. The monoisotopic (exact) mass is 233 g/mol. The van der Waals surface area contributed by atoms with Crippen LogP contribution in [-0.2, 0) is 6.42 Å². The van der Waals surface area contributed by atoms with Gasteiger partial charge in [-0.15, -0.1) is 0 Å². The van der Waals surface area contributed by atoms with Crippen LogP contribution in [-0.4, -0.2) is 25.8 Å². The third-order valence-corrected chi connectivity index (χ3v) is 3.55. The molecule has 17 heavy (non-hydrogen) atoms. The summed E-state index contributed by atoms with van der Waals surface area (Å²) in [4.78, 5) is 0. The maximum Gasteiger partial charge on any atom is 0.126 e. The Morgan fingerprint density at radius 2 is 2.35 bits per heavy atom. The summed E-state index contributed by atoms with van der Waals surface area (Å²) in [7, 11) is 0. The van der Waals surface area contributed by atoms with Gasteiger partial charge in [-0.05, 0) is 31.5 Å². The van der Waals surface area contributed by atoms with E-state index in [9.17, 15) is 0 Å². The van der Waals surface area contributed by atoms with E-state index in [4.69, 9.17) is 9.47 Å². The quantitative estimate of drug-likeness (QED) is 0.867. The fourth-order valence-corrected chi connectivity index (χ4v) is 2.58. The second-order valence-corrected chi connectivity index (χ2v) is 4.79. The lowest BCUT2D eigenvalue weighted by atomic mass is 10.1. The summed E-state index contributed by atoms with van der Waals surface area (Å²) in [6.07, 6.45) is 4.82. The van der Waals surface area contributed by atoms with Crippen LogP contribution in [0.2, 0.25) is 0 Å². The van der Waals surface area contributed by atoms with Gasteiger partial charge in [-0.2, -0.15) is 0 Å². The number of rotatable bonds is 3. The molecule has 2 heterocycles. The van der Waals surface area contributed by atoms with Gasteiger partial charge in [-0.3, -0.25) is 0 Å². The number of hydrogen-bond acceptors (Lipinski definition) is 3. The van der Waals surface area contributed by atoms with Crippen molar-refractivity contribution in [3.8, 4) is 11.5 Å². The van der Waals surface area contributed by atoms with Gasteiger partial charge in [-0.25, -0.2) is 0 Å². The molecule has 1 aromatic carbocycles. The zero-order chi connectivity index (χ0) is 11.5. The highest BCUT2D eigenvalue weighted by atomic mass is 16.5. The van der Waals surface area contributed by atoms with E-state index >= 15 is 0 Å². The Morgan fingerprint density at radius 3 is 3.24 bits per heavy atom. The SMILES string of the molecule is c1cc2c(c(OCC3CCCCN3)c1)CCO2. The Hall–Kier alpha value is -1.22. The summed E-state index contributed by atoms with van der Waals surface area (Å²) in [6, 6.07) is 6.60. The maximum atomic E-state index is 5.95. The van der Waals surface area contributed by atoms with E-state index in [-0.39, 0.29) is 0 Å². The summed E-state index contributed by atoms with van der Waals surface area (Å²) in [5.74, 6) is 2.01. The summed E-state index contributed by atoms with van der Waals surface area (Å²) >= 11 is 0. The van der Waals surface area contributed by atoms with E-state index < -0.39 is 0 Å². The average Bonchev–Trinajstić information content (AvgIpc) is 2.86. The van der Waals surface area contributed by atoms with Crippen LogP contribution >= 0.6 is 0 Å². The number of piperidine rings is 1. The van der Waals surface area contributed by atoms with Crippen LogP contribution in [0.4, 0.5) is 0 Å². The molecule has 92 valence electrons. The molecule has 0 bridgehead atoms. The van der Waals surface area contributed by atoms with E-state index in [0.29, 0.717) is 6.04 Å². The molecule has 0 saturated carbocycles. The van der Waals surface area contributed by atoms with Gasteiger partial charge in [0, 0.05) is 18.0 Å². The van der Waals surface area contributed by atoms with Crippen molar-refractivity contribution in [1.82, 2.24) is 5.32 Å². The van der Waals surface area contributed by atoms with Crippen molar-refractivity contribution in [2.45, 2.75) is 31.7 Å². The van der Waals surface area contributed by atoms with E-state index in [1.165, 1.54) is 24.8 Å². The van der Waals surface area contributed by atoms with Crippen LogP contribution in [0, 0.1) is 0 Å². The Balaban J connectivity index is 1.63. The second-order valence-electron chi connectivity index (χ2n) is 4.79. The van der Waals surface area contributed by atoms with Gasteiger partial charge in [0.15, 0.2) is 0 Å². The maximum absolute atomic E-state index is 5.95. The van der Waals surface area contributed by atoms with Gasteiger partial charge >= 0.3 is 0 Å². The number of fused-ring (bicyclic) bond motifs is 1. The van der Waals surface area contributed by atoms with E-state index in [0.717, 1.165) is 37.7 Å². The third kappa shape index (κ3) is 2.39. The zero-order valence-corrected chi connectivity index (χ0v) is 10.1. The van der Waals surface area contributed by atoms with Crippen LogP contribution in [0.5, 0.6) is 11.5 Å². The van der Waals surface area contributed by atoms with Crippen LogP contribution < -0.4 is 14.8 Å². The van der Waals surface area contributed by atoms with Gasteiger partial charge in [0.1, 0.15) is 18.1 Å². The molecule has 0 aliphatic carbocycles. The topological polar surface area (TPSA) is 30.5 Å². The Bertz CT molecular complexity index is 386. The molecule has 1 fully saturated rings. The predicted octanol–water partition coefficient (Wildman–Crippen LogP) is 2.14. The molecular formula is C14H19NO2. The molecule has 1 aromatic rings. The molecule has 0 spiro atoms. The highest BCUT2D eigenvalue weighted by Gasteiger charge is 2.18. The minimum absolute atomic E-state index is 0.516. The van der Waals surface area contributed by atoms with Crippen LogP contribution in [0.15, 0.2) is 18.2 Å². The third-order valence-electron chi connectivity index (χ3n) is 3.55. The summed E-state index contributed by atoms with van der Waals surface area (Å²) < 4.78 is 11.5. The molecule has 0 aromatic heterocycles. The van der Waals surface area contributed by atoms with Crippen molar-refractivity contribution in [3.63, 3.8) is 0 Å². The first kappa shape index (κ1) is 10.9. The fourth-order valence-electron chi connectivity index (χ4n) is 2.58. The van der Waals surface area contributed by atoms with Gasteiger partial charge < -0.3 is 14.8 Å². The van der Waals surface area contributed by atoms with Crippen molar-refractivity contribution in [2.75, 3.05) is 19.8 Å². The molecule has 1 N–H and O–H groups in total. The van der Waals surface area contributed by atoms with Gasteiger partial charge in [0.25, 0.3) is 0 Å². The molecule has 3 heteroatoms. The van der Waals surface area contributed by atoms with Crippen LogP contribution in [0.3, 0.4) is 0 Å². The standard InChI is InChI=1S/C14H19NO2/c1-2-8-15-11(4-1)10-17-14-6-3-5-13-12(14)7-9-16-13/h3,5-6,11,15H,1-2,4,7-10H2. The Kier molecular flexibility index (Phi) is 3.18. The highest BCUT2D eigenvalue weighted by Crippen LogP contribution is 2.33. The molecule has 0 radical (unpaired) electrons. The summed E-state index contributed by atoms with van der Waals surface area (Å²) in [5.41, 5.74) is 1.24. The van der Waals surface area contributed by atoms with E-state index in [1.807, 2.05) is 12.1 Å². The van der Waals surface area contributed by atoms with Crippen LogP contribution in [0.25, 0.3) is 0 Å². The molecule has 1 saturated heterocycles. The number of benzene rings is 1. The number of nitrogens with one attached hydrogen (secondary N) is 1. The molecule has 1 unspecified atom stereocenters. The van der Waals surface area contributed by atoms with Gasteiger partial charge in [0.2, 0.25) is 0 Å². The molecule has 1 atom stereocenters. The fraction of sp³-hybridized carbons (Fsp3) is 0.571. The zero-order valence-electron chi connectivity index (χ0n) is 10.1. The largest absolute Gasteiger partial charge is 0.493 e. The Labute approximate surface area is 102 Å². The van der Waals surface area contributed by atoms with Crippen molar-refractivity contribution < 1.29 is 9.47 Å². The molecule has 3 nitrogen and oxygen atoms in total. The van der Waals surface area contributed by atoms with Crippen molar-refractivity contribution in [2.24, 2.45) is 0 Å². The number of hydrogen-bond donors (Lipinski definition) is 1. The van der Waals surface area contributed by atoms with E-state index in [1.54, 1.807) is 0 Å². The predicted molar refractivity (Wildman–Crippen MR) is 66.8 cm³/mol. The first-order valence-electron chi connectivity index (χ1n) is 6.54. The minimum Gasteiger partial charge on any atom is -0.493 e. The van der Waals surface area contributed by atoms with E-state index in [2.05, 4.69) is 11.4 Å². The van der Waals surface area contributed by atoms with Crippen LogP contribution in [0.1, 0.15) is 24.8 Å². The summed E-state index contributed by atoms with van der Waals surface area (Å²) in [5, 5.41) is 3.50. The second kappa shape index (κ2) is 4.96. The smallest absolute Gasteiger partial charge is 0.126 e. The highest BCUT2D eigenvalue weighted by molar-refractivity contribution is 5.46. The normalized spacial score (nSPS) is 22.9. The lowest BCUT2D eigenvalue weighted by Gasteiger charge is -2.23. The van der Waals surface area contributed by atoms with Crippen molar-refractivity contribution >= 4 is 0 Å². The minimum atomic E-state index is 0.516. The molecule has 3 rings (SSSR count). The number of ether oxygens (including phenoxy) is 2. The van der Waals surface area contributed by atoms with Gasteiger partial charge in [-0.1, -0.05) is 12.5 Å². The molecule has 2 aliphatic heterocycles. The van der Waals surface area contributed by atoms with Crippen molar-refractivity contribution in [3.05, 3.63) is 23.8 Å². The molecule has 0 amide bonds. The summed E-state index contributed by atoms with van der Waals surface area (Å²) in [6.45, 7) is 2.69. The lowest BCUT2D eigenvalue weighted by molar-refractivity contribution is 0.237. The van der Waals surface area contributed by atoms with Gasteiger partial charge in [0.05, 0.1) is 6.61 Å². The van der Waals surface area contributed by atoms with Crippen molar-refractivity contribution in [1.29, 1.82) is 0 Å². The Morgan fingerprint density at radius 1 is 1.35 bits per heavy atom.